The van der Waals surface area contributed by atoms with Gasteiger partial charge in [-0.3, -0.25) is 9.59 Å². The molecule has 0 unspecified atom stereocenters. The Kier molecular flexibility index (Phi) is 6.82. The molecule has 33 heavy (non-hydrogen) atoms. The first-order valence-corrected chi connectivity index (χ1v) is 11.9. The van der Waals surface area contributed by atoms with Crippen LogP contribution in [0.15, 0.2) is 18.2 Å². The summed E-state index contributed by atoms with van der Waals surface area (Å²) in [5.74, 6) is 0.774. The summed E-state index contributed by atoms with van der Waals surface area (Å²) in [6, 6.07) is 5.69. The largest absolute Gasteiger partial charge is 0.487 e. The number of hydrogen-bond donors (Lipinski definition) is 2. The highest BCUT2D eigenvalue weighted by Crippen LogP contribution is 2.47. The second kappa shape index (κ2) is 9.97. The predicted octanol–water partition coefficient (Wildman–Crippen LogP) is 1.29. The van der Waals surface area contributed by atoms with Crippen molar-refractivity contribution in [3.63, 3.8) is 0 Å². The predicted molar refractivity (Wildman–Crippen MR) is 118 cm³/mol. The SMILES string of the molecule is O=C(Nc1ccc2c(c1)[C@H]1C[C@H](CC(=O)N3CCOCC3)O[C@H](CO)[C@H]1O2)C1CCOCC1. The number of rotatable bonds is 5. The number of carbonyl (C=O) groups is 2. The Hall–Kier alpha value is -2.20. The van der Waals surface area contributed by atoms with Crippen LogP contribution >= 0.6 is 0 Å². The van der Waals surface area contributed by atoms with E-state index in [0.29, 0.717) is 45.9 Å². The van der Waals surface area contributed by atoms with Gasteiger partial charge in [-0.25, -0.2) is 0 Å². The zero-order valence-electron chi connectivity index (χ0n) is 18.7. The van der Waals surface area contributed by atoms with Gasteiger partial charge in [-0.2, -0.15) is 0 Å². The van der Waals surface area contributed by atoms with Crippen molar-refractivity contribution >= 4 is 17.5 Å². The quantitative estimate of drug-likeness (QED) is 0.682. The molecule has 5 rings (SSSR count). The van der Waals surface area contributed by atoms with Gasteiger partial charge in [0.1, 0.15) is 18.0 Å². The van der Waals surface area contributed by atoms with Crippen LogP contribution in [0.5, 0.6) is 5.75 Å². The topological polar surface area (TPSA) is 107 Å². The maximum Gasteiger partial charge on any atom is 0.227 e. The van der Waals surface area contributed by atoms with Crippen LogP contribution in [-0.2, 0) is 23.8 Å². The Bertz CT molecular complexity index is 866. The molecule has 9 heteroatoms. The van der Waals surface area contributed by atoms with Crippen molar-refractivity contribution in [2.24, 2.45) is 5.92 Å². The normalized spacial score (nSPS) is 29.7. The van der Waals surface area contributed by atoms with Crippen molar-refractivity contribution in [2.45, 2.75) is 49.9 Å². The van der Waals surface area contributed by atoms with Gasteiger partial charge < -0.3 is 34.3 Å². The molecule has 3 saturated heterocycles. The molecule has 2 amide bonds. The van der Waals surface area contributed by atoms with E-state index in [4.69, 9.17) is 18.9 Å². The molecule has 0 aliphatic carbocycles. The maximum absolute atomic E-state index is 12.8. The summed E-state index contributed by atoms with van der Waals surface area (Å²) in [4.78, 5) is 27.3. The first-order valence-electron chi connectivity index (χ1n) is 11.9. The zero-order chi connectivity index (χ0) is 22.8. The number of anilines is 1. The van der Waals surface area contributed by atoms with Crippen molar-refractivity contribution < 1.29 is 33.6 Å². The standard InChI is InChI=1S/C24H32N2O7/c27-14-21-23-19(12-17(32-21)13-22(28)26-5-9-31-10-6-26)18-11-16(1-2-20(18)33-23)25-24(29)15-3-7-30-8-4-15/h1-2,11,15,17,19,21,23,27H,3-10,12-14H2,(H,25,29)/t17-,19-,21-,23+/m1/s1. The fourth-order valence-corrected chi connectivity index (χ4v) is 5.31. The number of aliphatic hydroxyl groups excluding tert-OH is 1. The Morgan fingerprint density at radius 3 is 2.61 bits per heavy atom. The number of benzene rings is 1. The summed E-state index contributed by atoms with van der Waals surface area (Å²) in [6.07, 6.45) is 1.27. The van der Waals surface area contributed by atoms with E-state index in [0.717, 1.165) is 29.8 Å². The Balaban J connectivity index is 1.28. The molecule has 9 nitrogen and oxygen atoms in total. The summed E-state index contributed by atoms with van der Waals surface area (Å²) in [5, 5.41) is 13.0. The monoisotopic (exact) mass is 460 g/mol. The second-order valence-electron chi connectivity index (χ2n) is 9.23. The average molecular weight is 461 g/mol. The number of ether oxygens (including phenoxy) is 4. The fourth-order valence-electron chi connectivity index (χ4n) is 5.31. The molecular weight excluding hydrogens is 428 g/mol. The number of amides is 2. The molecule has 4 atom stereocenters. The summed E-state index contributed by atoms with van der Waals surface area (Å²) in [5.41, 5.74) is 1.73. The summed E-state index contributed by atoms with van der Waals surface area (Å²) in [7, 11) is 0. The second-order valence-corrected chi connectivity index (χ2v) is 9.23. The van der Waals surface area contributed by atoms with Gasteiger partial charge in [0.2, 0.25) is 11.8 Å². The molecule has 1 aromatic rings. The van der Waals surface area contributed by atoms with E-state index in [-0.39, 0.29) is 48.9 Å². The molecular formula is C24H32N2O7. The van der Waals surface area contributed by atoms with Crippen LogP contribution in [0.25, 0.3) is 0 Å². The molecule has 0 saturated carbocycles. The first-order chi connectivity index (χ1) is 16.1. The lowest BCUT2D eigenvalue weighted by molar-refractivity contribution is -0.151. The number of morpholine rings is 1. The van der Waals surface area contributed by atoms with Crippen molar-refractivity contribution in [1.82, 2.24) is 4.90 Å². The van der Waals surface area contributed by atoms with E-state index in [1.54, 1.807) is 0 Å². The molecule has 4 heterocycles. The minimum Gasteiger partial charge on any atom is -0.487 e. The summed E-state index contributed by atoms with van der Waals surface area (Å²) >= 11 is 0. The maximum atomic E-state index is 12.8. The van der Waals surface area contributed by atoms with Gasteiger partial charge in [0, 0.05) is 49.4 Å². The number of aliphatic hydroxyl groups is 1. The highest BCUT2D eigenvalue weighted by molar-refractivity contribution is 5.92. The molecule has 0 aromatic heterocycles. The van der Waals surface area contributed by atoms with Gasteiger partial charge in [0.15, 0.2) is 0 Å². The van der Waals surface area contributed by atoms with E-state index in [1.165, 1.54) is 0 Å². The smallest absolute Gasteiger partial charge is 0.227 e. The highest BCUT2D eigenvalue weighted by Gasteiger charge is 2.46. The molecule has 4 aliphatic heterocycles. The molecule has 0 bridgehead atoms. The third-order valence-electron chi connectivity index (χ3n) is 7.13. The number of nitrogens with one attached hydrogen (secondary N) is 1. The molecule has 0 spiro atoms. The lowest BCUT2D eigenvalue weighted by Crippen LogP contribution is -2.48. The fraction of sp³-hybridized carbons (Fsp3) is 0.667. The van der Waals surface area contributed by atoms with Gasteiger partial charge in [-0.15, -0.1) is 0 Å². The number of nitrogens with zero attached hydrogens (tertiary/aromatic N) is 1. The molecule has 2 N–H and O–H groups in total. The number of hydrogen-bond acceptors (Lipinski definition) is 7. The van der Waals surface area contributed by atoms with Crippen LogP contribution in [0.1, 0.15) is 37.2 Å². The third kappa shape index (κ3) is 4.87. The van der Waals surface area contributed by atoms with E-state index in [9.17, 15) is 14.7 Å². The van der Waals surface area contributed by atoms with Crippen LogP contribution in [0.3, 0.4) is 0 Å². The molecule has 0 radical (unpaired) electrons. The minimum atomic E-state index is -0.501. The Labute approximate surface area is 193 Å². The Morgan fingerprint density at radius 1 is 1.09 bits per heavy atom. The van der Waals surface area contributed by atoms with E-state index >= 15 is 0 Å². The van der Waals surface area contributed by atoms with E-state index in [2.05, 4.69) is 5.32 Å². The number of carbonyl (C=O) groups excluding carboxylic acids is 2. The van der Waals surface area contributed by atoms with Crippen molar-refractivity contribution in [3.8, 4) is 5.75 Å². The van der Waals surface area contributed by atoms with Crippen LogP contribution in [0.4, 0.5) is 5.69 Å². The molecule has 4 aliphatic rings. The average Bonchev–Trinajstić information content (AvgIpc) is 3.22. The third-order valence-corrected chi connectivity index (χ3v) is 7.13. The lowest BCUT2D eigenvalue weighted by atomic mass is 9.84. The van der Waals surface area contributed by atoms with Gasteiger partial charge in [0.25, 0.3) is 0 Å². The zero-order valence-corrected chi connectivity index (χ0v) is 18.7. The first kappa shape index (κ1) is 22.6. The van der Waals surface area contributed by atoms with Crippen LogP contribution in [0.2, 0.25) is 0 Å². The van der Waals surface area contributed by atoms with Gasteiger partial charge in [-0.1, -0.05) is 0 Å². The van der Waals surface area contributed by atoms with Crippen LogP contribution < -0.4 is 10.1 Å². The van der Waals surface area contributed by atoms with Crippen molar-refractivity contribution in [3.05, 3.63) is 23.8 Å². The van der Waals surface area contributed by atoms with Crippen LogP contribution in [0, 0.1) is 5.92 Å². The van der Waals surface area contributed by atoms with Gasteiger partial charge in [-0.05, 0) is 37.5 Å². The number of fused-ring (bicyclic) bond motifs is 3. The Morgan fingerprint density at radius 2 is 1.85 bits per heavy atom. The van der Waals surface area contributed by atoms with Gasteiger partial charge in [0.05, 0.1) is 32.3 Å². The van der Waals surface area contributed by atoms with E-state index in [1.807, 2.05) is 23.1 Å². The van der Waals surface area contributed by atoms with Gasteiger partial charge >= 0.3 is 0 Å². The summed E-state index contributed by atoms with van der Waals surface area (Å²) < 4.78 is 22.9. The minimum absolute atomic E-state index is 0.00618. The highest BCUT2D eigenvalue weighted by atomic mass is 16.6. The molecule has 1 aromatic carbocycles. The van der Waals surface area contributed by atoms with E-state index < -0.39 is 6.10 Å². The van der Waals surface area contributed by atoms with Crippen molar-refractivity contribution in [2.75, 3.05) is 51.4 Å². The van der Waals surface area contributed by atoms with Crippen LogP contribution in [-0.4, -0.2) is 86.3 Å². The molecule has 3 fully saturated rings. The summed E-state index contributed by atoms with van der Waals surface area (Å²) in [6.45, 7) is 3.38. The lowest BCUT2D eigenvalue weighted by Gasteiger charge is -2.38. The molecule has 180 valence electrons. The van der Waals surface area contributed by atoms with Crippen molar-refractivity contribution in [1.29, 1.82) is 0 Å².